The smallest absolute Gasteiger partial charge is 0.360 e. The maximum atomic E-state index is 13.2. The summed E-state index contributed by atoms with van der Waals surface area (Å²) in [5.74, 6) is -1.37. The summed E-state index contributed by atoms with van der Waals surface area (Å²) in [6.45, 7) is 2.91. The first-order chi connectivity index (χ1) is 15.3. The quantitative estimate of drug-likeness (QED) is 0.371. The summed E-state index contributed by atoms with van der Waals surface area (Å²) in [6.07, 6.45) is -7.42. The van der Waals surface area contributed by atoms with Crippen LogP contribution in [0.2, 0.25) is 0 Å². The minimum Gasteiger partial charge on any atom is -0.360 e. The molecule has 1 aromatic carbocycles. The molecule has 12 heteroatoms. The lowest BCUT2D eigenvalue weighted by molar-refractivity contribution is -0.143. The van der Waals surface area contributed by atoms with E-state index in [4.69, 9.17) is 4.52 Å². The van der Waals surface area contributed by atoms with Crippen LogP contribution in [0.3, 0.4) is 0 Å². The number of carbonyl (C=O) groups is 2. The van der Waals surface area contributed by atoms with Crippen LogP contribution in [0.4, 0.5) is 32.2 Å². The monoisotopic (exact) mass is 479 g/mol. The lowest BCUT2D eigenvalue weighted by atomic mass is 10.0. The van der Waals surface area contributed by atoms with E-state index in [2.05, 4.69) is 10.5 Å². The molecule has 1 heterocycles. The van der Waals surface area contributed by atoms with Crippen molar-refractivity contribution in [3.63, 3.8) is 0 Å². The Balaban J connectivity index is 2.32. The molecule has 182 valence electrons. The van der Waals surface area contributed by atoms with Crippen LogP contribution in [0.5, 0.6) is 0 Å². The van der Waals surface area contributed by atoms with Gasteiger partial charge in [0.2, 0.25) is 5.91 Å². The van der Waals surface area contributed by atoms with Crippen molar-refractivity contribution < 1.29 is 40.5 Å². The number of carbonyl (C=O) groups excluding carboxylic acids is 2. The highest BCUT2D eigenvalue weighted by molar-refractivity contribution is 5.99. The number of aryl methyl sites for hydroxylation is 1. The van der Waals surface area contributed by atoms with Gasteiger partial charge in [-0.1, -0.05) is 31.3 Å². The number of amides is 2. The second-order valence-corrected chi connectivity index (χ2v) is 7.45. The van der Waals surface area contributed by atoms with Gasteiger partial charge in [0.15, 0.2) is 5.82 Å². The van der Waals surface area contributed by atoms with Crippen LogP contribution >= 0.6 is 0 Å². The molecule has 0 unspecified atom stereocenters. The first-order valence-electron chi connectivity index (χ1n) is 10.1. The number of aromatic nitrogens is 1. The fourth-order valence-corrected chi connectivity index (χ4v) is 3.02. The Morgan fingerprint density at radius 2 is 1.58 bits per heavy atom. The van der Waals surface area contributed by atoms with Crippen molar-refractivity contribution in [3.05, 3.63) is 46.7 Å². The number of nitrogens with zero attached hydrogens (tertiary/aromatic N) is 2. The molecule has 0 aliphatic heterocycles. The minimum absolute atomic E-state index is 0.0261. The molecule has 1 aromatic heterocycles. The summed E-state index contributed by atoms with van der Waals surface area (Å²) in [7, 11) is 0. The molecule has 0 saturated carbocycles. The third kappa shape index (κ3) is 7.79. The number of nitrogens with one attached hydrogen (secondary N) is 1. The average Bonchev–Trinajstić information content (AvgIpc) is 3.12. The van der Waals surface area contributed by atoms with Gasteiger partial charge in [-0.3, -0.25) is 9.59 Å². The van der Waals surface area contributed by atoms with E-state index in [9.17, 15) is 35.9 Å². The molecule has 0 aliphatic rings. The summed E-state index contributed by atoms with van der Waals surface area (Å²) in [6, 6.07) is 2.07. The third-order valence-corrected chi connectivity index (χ3v) is 4.63. The molecule has 0 atom stereocenters. The van der Waals surface area contributed by atoms with Crippen molar-refractivity contribution in [3.8, 4) is 0 Å². The van der Waals surface area contributed by atoms with E-state index in [-0.39, 0.29) is 18.4 Å². The van der Waals surface area contributed by atoms with Crippen molar-refractivity contribution in [2.75, 3.05) is 18.4 Å². The minimum atomic E-state index is -5.09. The fraction of sp³-hybridized carbons (Fsp3) is 0.476. The number of unbranched alkanes of at least 4 members (excludes halogenated alkanes) is 3. The molecule has 2 aromatic rings. The number of anilines is 1. The summed E-state index contributed by atoms with van der Waals surface area (Å²) < 4.78 is 83.8. The van der Waals surface area contributed by atoms with E-state index in [0.29, 0.717) is 30.7 Å². The van der Waals surface area contributed by atoms with Crippen molar-refractivity contribution in [1.29, 1.82) is 0 Å². The summed E-state index contributed by atoms with van der Waals surface area (Å²) >= 11 is 0. The molecular weight excluding hydrogens is 456 g/mol. The molecule has 2 amide bonds. The van der Waals surface area contributed by atoms with E-state index in [0.717, 1.165) is 17.7 Å². The van der Waals surface area contributed by atoms with Crippen LogP contribution in [-0.4, -0.2) is 35.0 Å². The van der Waals surface area contributed by atoms with Crippen LogP contribution in [-0.2, 0) is 17.1 Å². The Morgan fingerprint density at radius 3 is 2.06 bits per heavy atom. The van der Waals surface area contributed by atoms with E-state index in [1.807, 2.05) is 6.92 Å². The number of hydrogen-bond acceptors (Lipinski definition) is 4. The number of alkyl halides is 6. The molecule has 0 radical (unpaired) electrons. The highest BCUT2D eigenvalue weighted by Gasteiger charge is 2.38. The number of halogens is 6. The van der Waals surface area contributed by atoms with Crippen LogP contribution in [0.1, 0.15) is 59.9 Å². The molecule has 2 rings (SSSR count). The highest BCUT2D eigenvalue weighted by Crippen LogP contribution is 2.36. The SMILES string of the molecule is CCCCCCN(CC(=O)Nc1cc(C)on1)C(=O)c1cc(C(F)(F)F)cc(C(F)(F)F)c1. The molecule has 1 N–H and O–H groups in total. The summed E-state index contributed by atoms with van der Waals surface area (Å²) in [5.41, 5.74) is -4.01. The molecule has 0 aliphatic carbocycles. The number of benzene rings is 1. The van der Waals surface area contributed by atoms with Crippen molar-refractivity contribution in [1.82, 2.24) is 10.1 Å². The van der Waals surface area contributed by atoms with E-state index >= 15 is 0 Å². The van der Waals surface area contributed by atoms with Gasteiger partial charge >= 0.3 is 12.4 Å². The normalized spacial score (nSPS) is 12.0. The van der Waals surface area contributed by atoms with Gasteiger partial charge in [-0.05, 0) is 31.5 Å². The van der Waals surface area contributed by atoms with Gasteiger partial charge < -0.3 is 14.7 Å². The maximum absolute atomic E-state index is 13.2. The van der Waals surface area contributed by atoms with E-state index in [1.165, 1.54) is 6.07 Å². The zero-order valence-corrected chi connectivity index (χ0v) is 17.9. The molecule has 33 heavy (non-hydrogen) atoms. The Bertz CT molecular complexity index is 937. The first kappa shape index (κ1) is 26.2. The Kier molecular flexibility index (Phi) is 8.51. The third-order valence-electron chi connectivity index (χ3n) is 4.63. The predicted molar refractivity (Wildman–Crippen MR) is 106 cm³/mol. The van der Waals surface area contributed by atoms with Crippen LogP contribution in [0.25, 0.3) is 0 Å². The van der Waals surface area contributed by atoms with Crippen LogP contribution in [0.15, 0.2) is 28.8 Å². The largest absolute Gasteiger partial charge is 0.416 e. The van der Waals surface area contributed by atoms with Gasteiger partial charge in [0.25, 0.3) is 5.91 Å². The van der Waals surface area contributed by atoms with Crippen LogP contribution in [0, 0.1) is 6.92 Å². The molecule has 0 fully saturated rings. The zero-order valence-electron chi connectivity index (χ0n) is 17.9. The second-order valence-electron chi connectivity index (χ2n) is 7.45. The van der Waals surface area contributed by atoms with Crippen molar-refractivity contribution in [2.24, 2.45) is 0 Å². The fourth-order valence-electron chi connectivity index (χ4n) is 3.02. The summed E-state index contributed by atoms with van der Waals surface area (Å²) in [4.78, 5) is 26.2. The zero-order chi connectivity index (χ0) is 24.8. The lowest BCUT2D eigenvalue weighted by Crippen LogP contribution is -2.39. The second kappa shape index (κ2) is 10.7. The van der Waals surface area contributed by atoms with Crippen LogP contribution < -0.4 is 5.32 Å². The standard InChI is InChI=1S/C21H23F6N3O3/c1-3-4-5-6-7-30(12-18(31)28-17-8-13(2)33-29-17)19(32)14-9-15(20(22,23)24)11-16(10-14)21(25,26)27/h8-11H,3-7,12H2,1-2H3,(H,28,29,31). The van der Waals surface area contributed by atoms with Gasteiger partial charge in [0, 0.05) is 18.2 Å². The molecule has 0 bridgehead atoms. The Morgan fingerprint density at radius 1 is 0.970 bits per heavy atom. The Labute approximate surface area is 185 Å². The topological polar surface area (TPSA) is 75.4 Å². The highest BCUT2D eigenvalue weighted by atomic mass is 19.4. The van der Waals surface area contributed by atoms with Crippen molar-refractivity contribution >= 4 is 17.6 Å². The summed E-state index contributed by atoms with van der Waals surface area (Å²) in [5, 5.41) is 5.94. The van der Waals surface area contributed by atoms with Gasteiger partial charge in [-0.2, -0.15) is 26.3 Å². The first-order valence-corrected chi connectivity index (χ1v) is 10.1. The number of hydrogen-bond donors (Lipinski definition) is 1. The van der Waals surface area contributed by atoms with Crippen molar-refractivity contribution in [2.45, 2.75) is 51.9 Å². The van der Waals surface area contributed by atoms with Gasteiger partial charge in [0.1, 0.15) is 12.3 Å². The lowest BCUT2D eigenvalue weighted by Gasteiger charge is -2.23. The predicted octanol–water partition coefficient (Wildman–Crippen LogP) is 5.68. The molecule has 0 saturated heterocycles. The van der Waals surface area contributed by atoms with Gasteiger partial charge in [-0.15, -0.1) is 0 Å². The average molecular weight is 479 g/mol. The Hall–Kier alpha value is -3.05. The van der Waals surface area contributed by atoms with E-state index in [1.54, 1.807) is 6.92 Å². The van der Waals surface area contributed by atoms with Gasteiger partial charge in [0.05, 0.1) is 11.1 Å². The number of rotatable bonds is 9. The molecule has 0 spiro atoms. The maximum Gasteiger partial charge on any atom is 0.416 e. The molecular formula is C21H23F6N3O3. The molecule has 6 nitrogen and oxygen atoms in total. The van der Waals surface area contributed by atoms with E-state index < -0.39 is 47.4 Å². The van der Waals surface area contributed by atoms with Gasteiger partial charge in [-0.25, -0.2) is 0 Å².